The number of aryl methyl sites for hydroxylation is 1. The lowest BCUT2D eigenvalue weighted by Gasteiger charge is -2.60. The van der Waals surface area contributed by atoms with Crippen LogP contribution in [0.25, 0.3) is 11.1 Å². The monoisotopic (exact) mass is 444 g/mol. The third-order valence-electron chi connectivity index (χ3n) is 6.81. The molecule has 2 aromatic heterocycles. The van der Waals surface area contributed by atoms with E-state index in [0.29, 0.717) is 11.3 Å². The van der Waals surface area contributed by atoms with Gasteiger partial charge in [-0.05, 0) is 23.8 Å². The Hall–Kier alpha value is -3.88. The average molecular weight is 444 g/mol. The zero-order valence-corrected chi connectivity index (χ0v) is 18.6. The number of nitrogens with zero attached hydrogens (tertiary/aromatic N) is 6. The molecule has 0 bridgehead atoms. The van der Waals surface area contributed by atoms with Crippen molar-refractivity contribution in [3.8, 4) is 16.9 Å². The molecule has 0 aliphatic carbocycles. The van der Waals surface area contributed by atoms with Gasteiger partial charge in [-0.3, -0.25) is 19.3 Å². The van der Waals surface area contributed by atoms with Crippen LogP contribution in [0.3, 0.4) is 0 Å². The molecule has 0 atom stereocenters. The van der Waals surface area contributed by atoms with E-state index in [9.17, 15) is 9.59 Å². The molecule has 33 heavy (non-hydrogen) atoms. The van der Waals surface area contributed by atoms with Gasteiger partial charge < -0.3 is 19.4 Å². The quantitative estimate of drug-likeness (QED) is 0.613. The van der Waals surface area contributed by atoms with Gasteiger partial charge in [-0.1, -0.05) is 6.07 Å². The maximum atomic E-state index is 12.6. The summed E-state index contributed by atoms with van der Waals surface area (Å²) in [4.78, 5) is 34.7. The van der Waals surface area contributed by atoms with E-state index in [-0.39, 0.29) is 23.8 Å². The highest BCUT2D eigenvalue weighted by molar-refractivity contribution is 5.98. The van der Waals surface area contributed by atoms with Crippen LogP contribution < -0.4 is 14.5 Å². The summed E-state index contributed by atoms with van der Waals surface area (Å²) in [6.45, 7) is 3.43. The second-order valence-corrected chi connectivity index (χ2v) is 9.28. The van der Waals surface area contributed by atoms with Crippen LogP contribution in [0.15, 0.2) is 49.1 Å². The van der Waals surface area contributed by atoms with Gasteiger partial charge in [-0.2, -0.15) is 5.10 Å². The first-order chi connectivity index (χ1) is 15.9. The van der Waals surface area contributed by atoms with E-state index in [0.717, 1.165) is 48.7 Å². The molecule has 6 rings (SSSR count). The van der Waals surface area contributed by atoms with E-state index < -0.39 is 0 Å². The van der Waals surface area contributed by atoms with Gasteiger partial charge in [0.05, 0.1) is 29.3 Å². The minimum atomic E-state index is -0.0534. The van der Waals surface area contributed by atoms with E-state index >= 15 is 0 Å². The van der Waals surface area contributed by atoms with Crippen molar-refractivity contribution in [2.45, 2.75) is 0 Å². The Morgan fingerprint density at radius 2 is 1.85 bits per heavy atom. The first-order valence-electron chi connectivity index (χ1n) is 10.9. The predicted molar refractivity (Wildman–Crippen MR) is 122 cm³/mol. The molecule has 2 fully saturated rings. The number of carbonyl (C=O) groups excluding carboxylic acids is 2. The molecule has 0 N–H and O–H groups in total. The van der Waals surface area contributed by atoms with Crippen molar-refractivity contribution in [3.05, 3.63) is 54.6 Å². The van der Waals surface area contributed by atoms with E-state index in [2.05, 4.69) is 21.0 Å². The number of amides is 2. The molecular weight excluding hydrogens is 420 g/mol. The number of fused-ring (bicyclic) bond motifs is 1. The molecule has 9 heteroatoms. The predicted octanol–water partition coefficient (Wildman–Crippen LogP) is 1.80. The van der Waals surface area contributed by atoms with Crippen LogP contribution >= 0.6 is 0 Å². The van der Waals surface area contributed by atoms with Crippen molar-refractivity contribution in [3.63, 3.8) is 0 Å². The highest BCUT2D eigenvalue weighted by Gasteiger charge is 2.53. The number of aromatic nitrogens is 3. The fourth-order valence-corrected chi connectivity index (χ4v) is 4.98. The number of hydrogen-bond acceptors (Lipinski definition) is 6. The summed E-state index contributed by atoms with van der Waals surface area (Å²) in [5.41, 5.74) is 4.66. The molecule has 2 amide bonds. The number of hydrogen-bond donors (Lipinski definition) is 0. The van der Waals surface area contributed by atoms with Gasteiger partial charge in [0.15, 0.2) is 6.61 Å². The van der Waals surface area contributed by atoms with Gasteiger partial charge in [-0.25, -0.2) is 0 Å². The molecule has 2 saturated heterocycles. The molecule has 1 spiro atoms. The largest absolute Gasteiger partial charge is 0.482 e. The van der Waals surface area contributed by atoms with E-state index in [4.69, 9.17) is 4.74 Å². The summed E-state index contributed by atoms with van der Waals surface area (Å²) in [7, 11) is 3.58. The number of likely N-dealkylation sites (N-methyl/N-ethyl adjacent to an activating group) is 1. The molecule has 168 valence electrons. The normalized spacial score (nSPS) is 18.5. The van der Waals surface area contributed by atoms with Crippen LogP contribution in [0.5, 0.6) is 5.75 Å². The SMILES string of the molecule is CN1C(=O)COc2cc(-c3cncc(N4CC5(CN(C(=O)c6cnn(C)c6)C5)C4)c3)ccc21. The van der Waals surface area contributed by atoms with Gasteiger partial charge in [0.2, 0.25) is 0 Å². The third-order valence-corrected chi connectivity index (χ3v) is 6.81. The minimum absolute atomic E-state index is 0.0534. The lowest BCUT2D eigenvalue weighted by Crippen LogP contribution is -2.73. The van der Waals surface area contributed by atoms with Crippen molar-refractivity contribution in [2.75, 3.05) is 49.6 Å². The maximum absolute atomic E-state index is 12.6. The van der Waals surface area contributed by atoms with Gasteiger partial charge in [0.1, 0.15) is 5.75 Å². The Kier molecular flexibility index (Phi) is 4.23. The average Bonchev–Trinajstić information content (AvgIpc) is 3.20. The van der Waals surface area contributed by atoms with Crippen LogP contribution in [0.1, 0.15) is 10.4 Å². The first-order valence-corrected chi connectivity index (χ1v) is 10.9. The number of benzene rings is 1. The number of carbonyl (C=O) groups is 2. The topological polar surface area (TPSA) is 83.8 Å². The Labute approximate surface area is 191 Å². The third kappa shape index (κ3) is 3.23. The van der Waals surface area contributed by atoms with E-state index in [1.54, 1.807) is 29.0 Å². The van der Waals surface area contributed by atoms with Crippen LogP contribution in [0.2, 0.25) is 0 Å². The lowest BCUT2D eigenvalue weighted by molar-refractivity contribution is -0.120. The van der Waals surface area contributed by atoms with Crippen molar-refractivity contribution in [2.24, 2.45) is 12.5 Å². The van der Waals surface area contributed by atoms with Crippen molar-refractivity contribution in [1.29, 1.82) is 0 Å². The van der Waals surface area contributed by atoms with Crippen LogP contribution in [-0.4, -0.2) is 71.3 Å². The van der Waals surface area contributed by atoms with E-state index in [1.165, 1.54) is 0 Å². The standard InChI is InChI=1S/C24H24N6O3/c1-27-10-18(8-26-27)23(32)30-14-24(15-30)12-29(13-24)19-5-17(7-25-9-19)16-3-4-20-21(6-16)33-11-22(31)28(20)2/h3-10H,11-15H2,1-2H3. The molecule has 9 nitrogen and oxygen atoms in total. The summed E-state index contributed by atoms with van der Waals surface area (Å²) < 4.78 is 7.28. The molecular formula is C24H24N6O3. The second kappa shape index (κ2) is 7.06. The number of ether oxygens (including phenoxy) is 1. The van der Waals surface area contributed by atoms with Crippen molar-refractivity contribution < 1.29 is 14.3 Å². The zero-order valence-electron chi connectivity index (χ0n) is 18.6. The zero-order chi connectivity index (χ0) is 22.7. The van der Waals surface area contributed by atoms with Crippen LogP contribution in [-0.2, 0) is 11.8 Å². The molecule has 3 aliphatic heterocycles. The highest BCUT2D eigenvalue weighted by Crippen LogP contribution is 2.43. The second-order valence-electron chi connectivity index (χ2n) is 9.28. The number of rotatable bonds is 3. The lowest BCUT2D eigenvalue weighted by atomic mass is 9.72. The summed E-state index contributed by atoms with van der Waals surface area (Å²) >= 11 is 0. The number of pyridine rings is 1. The molecule has 0 radical (unpaired) electrons. The first kappa shape index (κ1) is 19.8. The maximum Gasteiger partial charge on any atom is 0.264 e. The van der Waals surface area contributed by atoms with Crippen molar-refractivity contribution in [1.82, 2.24) is 19.7 Å². The van der Waals surface area contributed by atoms with Gasteiger partial charge in [-0.15, -0.1) is 0 Å². The van der Waals surface area contributed by atoms with Crippen LogP contribution in [0.4, 0.5) is 11.4 Å². The summed E-state index contributed by atoms with van der Waals surface area (Å²) in [6.07, 6.45) is 7.11. The Morgan fingerprint density at radius 3 is 2.61 bits per heavy atom. The fraction of sp³-hybridized carbons (Fsp3) is 0.333. The highest BCUT2D eigenvalue weighted by atomic mass is 16.5. The van der Waals surface area contributed by atoms with Crippen LogP contribution in [0, 0.1) is 5.41 Å². The molecule has 3 aromatic rings. The smallest absolute Gasteiger partial charge is 0.264 e. The fourth-order valence-electron chi connectivity index (χ4n) is 4.98. The Bertz CT molecular complexity index is 1270. The number of likely N-dealkylation sites (tertiary alicyclic amines) is 1. The summed E-state index contributed by atoms with van der Waals surface area (Å²) in [5.74, 6) is 0.705. The summed E-state index contributed by atoms with van der Waals surface area (Å²) in [6, 6.07) is 8.00. The molecule has 1 aromatic carbocycles. The van der Waals surface area contributed by atoms with Gasteiger partial charge in [0, 0.05) is 63.6 Å². The number of anilines is 2. The van der Waals surface area contributed by atoms with Gasteiger partial charge >= 0.3 is 0 Å². The van der Waals surface area contributed by atoms with Crippen molar-refractivity contribution >= 4 is 23.2 Å². The molecule has 0 saturated carbocycles. The molecule has 0 unspecified atom stereocenters. The van der Waals surface area contributed by atoms with E-state index in [1.807, 2.05) is 42.5 Å². The molecule has 3 aliphatic rings. The summed E-state index contributed by atoms with van der Waals surface area (Å²) in [5, 5.41) is 4.09. The minimum Gasteiger partial charge on any atom is -0.482 e. The van der Waals surface area contributed by atoms with Gasteiger partial charge in [0.25, 0.3) is 11.8 Å². The Balaban J connectivity index is 1.13. The molecule has 5 heterocycles. The Morgan fingerprint density at radius 1 is 1.03 bits per heavy atom.